The van der Waals surface area contributed by atoms with Gasteiger partial charge in [0.2, 0.25) is 0 Å². The largest absolute Gasteiger partial charge is 0.457 e. The summed E-state index contributed by atoms with van der Waals surface area (Å²) < 4.78 is 5.75. The van der Waals surface area contributed by atoms with Crippen LogP contribution in [0.2, 0.25) is 0 Å². The number of rotatable bonds is 4. The summed E-state index contributed by atoms with van der Waals surface area (Å²) in [6.07, 6.45) is 0.610. The van der Waals surface area contributed by atoms with Crippen LogP contribution in [-0.4, -0.2) is 10.7 Å². The fourth-order valence-corrected chi connectivity index (χ4v) is 1.84. The minimum atomic E-state index is -0.703. The van der Waals surface area contributed by atoms with Crippen molar-refractivity contribution in [1.29, 1.82) is 0 Å². The van der Waals surface area contributed by atoms with E-state index in [1.54, 1.807) is 13.8 Å². The SMILES string of the molecule is CC(C)(O)Cc1cccc(Oc2ccccc2)c1. The molecular formula is C16H18O2. The van der Waals surface area contributed by atoms with Gasteiger partial charge in [0.05, 0.1) is 5.60 Å². The molecule has 0 heterocycles. The van der Waals surface area contributed by atoms with E-state index in [0.29, 0.717) is 6.42 Å². The zero-order valence-corrected chi connectivity index (χ0v) is 10.8. The molecule has 0 aliphatic heterocycles. The Morgan fingerprint density at radius 1 is 0.944 bits per heavy atom. The highest BCUT2D eigenvalue weighted by Crippen LogP contribution is 2.23. The molecule has 2 aromatic rings. The van der Waals surface area contributed by atoms with Gasteiger partial charge in [-0.05, 0) is 43.7 Å². The van der Waals surface area contributed by atoms with Crippen LogP contribution in [0.5, 0.6) is 11.5 Å². The Morgan fingerprint density at radius 2 is 1.61 bits per heavy atom. The van der Waals surface area contributed by atoms with Gasteiger partial charge in [-0.1, -0.05) is 30.3 Å². The lowest BCUT2D eigenvalue weighted by molar-refractivity contribution is 0.0810. The molecule has 0 radical (unpaired) electrons. The van der Waals surface area contributed by atoms with Crippen molar-refractivity contribution in [2.24, 2.45) is 0 Å². The first-order chi connectivity index (χ1) is 8.53. The van der Waals surface area contributed by atoms with E-state index >= 15 is 0 Å². The highest BCUT2D eigenvalue weighted by Gasteiger charge is 2.13. The predicted octanol–water partition coefficient (Wildman–Crippen LogP) is 3.79. The van der Waals surface area contributed by atoms with Gasteiger partial charge in [-0.15, -0.1) is 0 Å². The second kappa shape index (κ2) is 5.23. The van der Waals surface area contributed by atoms with Gasteiger partial charge >= 0.3 is 0 Å². The van der Waals surface area contributed by atoms with E-state index in [9.17, 15) is 5.11 Å². The molecule has 1 N–H and O–H groups in total. The molecule has 0 aliphatic rings. The Morgan fingerprint density at radius 3 is 2.28 bits per heavy atom. The van der Waals surface area contributed by atoms with Crippen LogP contribution in [-0.2, 0) is 6.42 Å². The molecule has 2 aromatic carbocycles. The Hall–Kier alpha value is -1.80. The van der Waals surface area contributed by atoms with E-state index in [1.807, 2.05) is 54.6 Å². The summed E-state index contributed by atoms with van der Waals surface area (Å²) in [6.45, 7) is 3.61. The summed E-state index contributed by atoms with van der Waals surface area (Å²) >= 11 is 0. The summed E-state index contributed by atoms with van der Waals surface area (Å²) in [4.78, 5) is 0. The van der Waals surface area contributed by atoms with Crippen molar-refractivity contribution in [2.45, 2.75) is 25.9 Å². The van der Waals surface area contributed by atoms with E-state index in [1.165, 1.54) is 0 Å². The third-order valence-electron chi connectivity index (χ3n) is 2.51. The molecule has 94 valence electrons. The van der Waals surface area contributed by atoms with Gasteiger partial charge in [-0.3, -0.25) is 0 Å². The van der Waals surface area contributed by atoms with Crippen LogP contribution in [0.4, 0.5) is 0 Å². The normalized spacial score (nSPS) is 11.3. The lowest BCUT2D eigenvalue weighted by Gasteiger charge is -2.17. The highest BCUT2D eigenvalue weighted by molar-refractivity contribution is 5.34. The van der Waals surface area contributed by atoms with Crippen molar-refractivity contribution in [1.82, 2.24) is 0 Å². The maximum Gasteiger partial charge on any atom is 0.127 e. The van der Waals surface area contributed by atoms with Gasteiger partial charge < -0.3 is 9.84 Å². The second-order valence-electron chi connectivity index (χ2n) is 5.05. The van der Waals surface area contributed by atoms with Gasteiger partial charge in [0.1, 0.15) is 11.5 Å². The minimum Gasteiger partial charge on any atom is -0.457 e. The number of ether oxygens (including phenoxy) is 1. The van der Waals surface area contributed by atoms with Gasteiger partial charge in [0, 0.05) is 6.42 Å². The van der Waals surface area contributed by atoms with Crippen LogP contribution in [0.15, 0.2) is 54.6 Å². The number of benzene rings is 2. The van der Waals surface area contributed by atoms with Crippen molar-refractivity contribution in [2.75, 3.05) is 0 Å². The first-order valence-corrected chi connectivity index (χ1v) is 6.07. The van der Waals surface area contributed by atoms with Crippen molar-refractivity contribution < 1.29 is 9.84 Å². The Balaban J connectivity index is 2.13. The summed E-state index contributed by atoms with van der Waals surface area (Å²) in [5.74, 6) is 1.61. The van der Waals surface area contributed by atoms with Crippen LogP contribution < -0.4 is 4.74 Å². The Bertz CT molecular complexity index is 498. The maximum atomic E-state index is 9.81. The summed E-state index contributed by atoms with van der Waals surface area (Å²) in [6, 6.07) is 17.5. The smallest absolute Gasteiger partial charge is 0.127 e. The minimum absolute atomic E-state index is 0.610. The molecule has 0 saturated carbocycles. The summed E-state index contributed by atoms with van der Waals surface area (Å²) in [5.41, 5.74) is 0.363. The van der Waals surface area contributed by atoms with Gasteiger partial charge in [0.15, 0.2) is 0 Å². The predicted molar refractivity (Wildman–Crippen MR) is 73.0 cm³/mol. The van der Waals surface area contributed by atoms with Crippen molar-refractivity contribution in [3.63, 3.8) is 0 Å². The summed E-state index contributed by atoms with van der Waals surface area (Å²) in [5, 5.41) is 9.81. The molecule has 0 unspecified atom stereocenters. The average molecular weight is 242 g/mol. The molecule has 0 spiro atoms. The van der Waals surface area contributed by atoms with Crippen molar-refractivity contribution in [3.05, 3.63) is 60.2 Å². The molecule has 2 heteroatoms. The molecular weight excluding hydrogens is 224 g/mol. The number of hydrogen-bond acceptors (Lipinski definition) is 2. The lowest BCUT2D eigenvalue weighted by atomic mass is 9.99. The molecule has 0 aromatic heterocycles. The zero-order chi connectivity index (χ0) is 13.0. The van der Waals surface area contributed by atoms with Crippen LogP contribution in [0.1, 0.15) is 19.4 Å². The molecule has 0 bridgehead atoms. The molecule has 18 heavy (non-hydrogen) atoms. The average Bonchev–Trinajstić information content (AvgIpc) is 2.28. The lowest BCUT2D eigenvalue weighted by Crippen LogP contribution is -2.21. The third kappa shape index (κ3) is 3.90. The van der Waals surface area contributed by atoms with Crippen LogP contribution in [0, 0.1) is 0 Å². The van der Waals surface area contributed by atoms with Gasteiger partial charge in [-0.2, -0.15) is 0 Å². The van der Waals surface area contributed by atoms with Gasteiger partial charge in [0.25, 0.3) is 0 Å². The summed E-state index contributed by atoms with van der Waals surface area (Å²) in [7, 11) is 0. The van der Waals surface area contributed by atoms with E-state index in [4.69, 9.17) is 4.74 Å². The zero-order valence-electron chi connectivity index (χ0n) is 10.8. The molecule has 0 atom stereocenters. The third-order valence-corrected chi connectivity index (χ3v) is 2.51. The quantitative estimate of drug-likeness (QED) is 0.883. The van der Waals surface area contributed by atoms with Crippen LogP contribution in [0.25, 0.3) is 0 Å². The standard InChI is InChI=1S/C16H18O2/c1-16(2,17)12-13-7-6-10-15(11-13)18-14-8-4-3-5-9-14/h3-11,17H,12H2,1-2H3. The van der Waals surface area contributed by atoms with E-state index in [2.05, 4.69) is 0 Å². The fourth-order valence-electron chi connectivity index (χ4n) is 1.84. The Labute approximate surface area is 108 Å². The first kappa shape index (κ1) is 12.7. The van der Waals surface area contributed by atoms with E-state index in [0.717, 1.165) is 17.1 Å². The van der Waals surface area contributed by atoms with Crippen molar-refractivity contribution in [3.8, 4) is 11.5 Å². The topological polar surface area (TPSA) is 29.5 Å². The highest BCUT2D eigenvalue weighted by atomic mass is 16.5. The van der Waals surface area contributed by atoms with E-state index in [-0.39, 0.29) is 0 Å². The number of para-hydroxylation sites is 1. The molecule has 0 aliphatic carbocycles. The fraction of sp³-hybridized carbons (Fsp3) is 0.250. The molecule has 0 amide bonds. The monoisotopic (exact) mass is 242 g/mol. The number of aliphatic hydroxyl groups is 1. The van der Waals surface area contributed by atoms with E-state index < -0.39 is 5.60 Å². The molecule has 0 saturated heterocycles. The Kier molecular flexibility index (Phi) is 3.68. The second-order valence-corrected chi connectivity index (χ2v) is 5.05. The molecule has 0 fully saturated rings. The first-order valence-electron chi connectivity index (χ1n) is 6.07. The van der Waals surface area contributed by atoms with Crippen LogP contribution in [0.3, 0.4) is 0 Å². The maximum absolute atomic E-state index is 9.81. The molecule has 2 rings (SSSR count). The van der Waals surface area contributed by atoms with Crippen molar-refractivity contribution >= 4 is 0 Å². The van der Waals surface area contributed by atoms with Gasteiger partial charge in [-0.25, -0.2) is 0 Å². The molecule has 2 nitrogen and oxygen atoms in total. The number of hydrogen-bond donors (Lipinski definition) is 1. The van der Waals surface area contributed by atoms with Crippen LogP contribution >= 0.6 is 0 Å².